The Bertz CT molecular complexity index is 973. The maximum Gasteiger partial charge on any atom is 0.261 e. The van der Waals surface area contributed by atoms with E-state index in [0.29, 0.717) is 23.5 Å². The molecule has 30 heavy (non-hydrogen) atoms. The van der Waals surface area contributed by atoms with Crippen molar-refractivity contribution >= 4 is 47.1 Å². The van der Waals surface area contributed by atoms with Gasteiger partial charge < -0.3 is 11.1 Å². The second kappa shape index (κ2) is 9.36. The van der Waals surface area contributed by atoms with Crippen LogP contribution in [0.1, 0.15) is 40.7 Å². The molecule has 3 N–H and O–H groups in total. The molecule has 1 saturated carbocycles. The number of nitrogens with one attached hydrogen (secondary N) is 1. The molecule has 0 radical (unpaired) electrons. The number of halogens is 3. The van der Waals surface area contributed by atoms with Gasteiger partial charge >= 0.3 is 0 Å². The fourth-order valence-corrected chi connectivity index (χ4v) is 4.80. The third-order valence-electron chi connectivity index (χ3n) is 5.27. The number of hydrogen-bond donors (Lipinski definition) is 2. The van der Waals surface area contributed by atoms with Gasteiger partial charge in [0.1, 0.15) is 6.67 Å². The number of aryl methyl sites for hydroxylation is 1. The number of carbonyl (C=O) groups is 1. The second-order valence-electron chi connectivity index (χ2n) is 7.24. The van der Waals surface area contributed by atoms with Crippen molar-refractivity contribution in [3.63, 3.8) is 0 Å². The second-order valence-corrected chi connectivity index (χ2v) is 8.75. The molecule has 0 spiro atoms. The van der Waals surface area contributed by atoms with E-state index in [1.165, 1.54) is 21.6 Å². The number of nitrogens with zero attached hydrogens (tertiary/aromatic N) is 3. The number of alkyl halides is 2. The Morgan fingerprint density at radius 2 is 2.33 bits per heavy atom. The summed E-state index contributed by atoms with van der Waals surface area (Å²) in [6.07, 6.45) is 5.92. The minimum absolute atomic E-state index is 0.0442. The molecule has 10 heteroatoms. The summed E-state index contributed by atoms with van der Waals surface area (Å²) >= 11 is 6.93. The van der Waals surface area contributed by atoms with Crippen LogP contribution in [0.2, 0.25) is 0 Å². The van der Waals surface area contributed by atoms with Crippen LogP contribution < -0.4 is 11.1 Å². The molecule has 1 fully saturated rings. The van der Waals surface area contributed by atoms with Crippen LogP contribution >= 0.6 is 22.9 Å². The minimum Gasteiger partial charge on any atom is -0.344 e. The summed E-state index contributed by atoms with van der Waals surface area (Å²) in [7, 11) is 0. The molecule has 1 aliphatic carbocycles. The van der Waals surface area contributed by atoms with Gasteiger partial charge in [-0.3, -0.25) is 4.79 Å². The van der Waals surface area contributed by atoms with Crippen molar-refractivity contribution < 1.29 is 13.6 Å². The normalized spacial score (nSPS) is 24.7. The molecule has 3 rings (SSSR count). The lowest BCUT2D eigenvalue weighted by atomic mass is 9.79. The van der Waals surface area contributed by atoms with E-state index in [9.17, 15) is 13.6 Å². The number of aromatic nitrogens is 2. The van der Waals surface area contributed by atoms with Crippen LogP contribution in [0.5, 0.6) is 0 Å². The zero-order chi connectivity index (χ0) is 21.9. The fraction of sp³-hybridized carbons (Fsp3) is 0.450. The first-order chi connectivity index (χ1) is 14.3. The summed E-state index contributed by atoms with van der Waals surface area (Å²) in [5.74, 6) is 0.0949. The molecular formula is C20H24ClF2N5OS. The lowest BCUT2D eigenvalue weighted by Gasteiger charge is -2.40. The lowest BCUT2D eigenvalue weighted by Crippen LogP contribution is -2.62. The first-order valence-corrected chi connectivity index (χ1v) is 10.8. The highest BCUT2D eigenvalue weighted by atomic mass is 35.5. The third-order valence-corrected chi connectivity index (χ3v) is 6.44. The first kappa shape index (κ1) is 22.6. The molecule has 0 aliphatic heterocycles. The molecule has 2 aromatic rings. The Hall–Kier alpha value is -2.10. The van der Waals surface area contributed by atoms with Gasteiger partial charge in [0.25, 0.3) is 5.91 Å². The van der Waals surface area contributed by atoms with Gasteiger partial charge in [-0.25, -0.2) is 18.5 Å². The largest absolute Gasteiger partial charge is 0.344 e. The molecule has 6 nitrogen and oxygen atoms in total. The smallest absolute Gasteiger partial charge is 0.261 e. The van der Waals surface area contributed by atoms with Gasteiger partial charge in [-0.05, 0) is 39.2 Å². The molecule has 1 aliphatic rings. The molecule has 3 unspecified atom stereocenters. The highest BCUT2D eigenvalue weighted by Crippen LogP contribution is 2.38. The van der Waals surface area contributed by atoms with E-state index in [1.807, 2.05) is 6.92 Å². The molecule has 2 aromatic heterocycles. The van der Waals surface area contributed by atoms with E-state index in [4.69, 9.17) is 17.3 Å². The third kappa shape index (κ3) is 4.33. The van der Waals surface area contributed by atoms with E-state index in [1.54, 1.807) is 31.6 Å². The van der Waals surface area contributed by atoms with Crippen LogP contribution in [-0.4, -0.2) is 46.3 Å². The quantitative estimate of drug-likeness (QED) is 0.624. The van der Waals surface area contributed by atoms with Gasteiger partial charge in [0.15, 0.2) is 11.5 Å². The monoisotopic (exact) mass is 455 g/mol. The summed E-state index contributed by atoms with van der Waals surface area (Å²) in [6.45, 7) is 2.48. The molecule has 162 valence electrons. The van der Waals surface area contributed by atoms with Gasteiger partial charge in [-0.15, -0.1) is 11.3 Å². The van der Waals surface area contributed by atoms with Gasteiger partial charge in [0.2, 0.25) is 0 Å². The zero-order valence-corrected chi connectivity index (χ0v) is 18.3. The first-order valence-electron chi connectivity index (χ1n) is 9.59. The SMILES string of the molecule is C/C=N\c1c(-c2cc(C(=O)NC3C(N)CCCC3(F)CF)sc2C)cnn1/C=C/Cl. The van der Waals surface area contributed by atoms with Crippen LogP contribution in [0.3, 0.4) is 0 Å². The topological polar surface area (TPSA) is 85.3 Å². The Labute approximate surface area is 182 Å². The average molecular weight is 456 g/mol. The van der Waals surface area contributed by atoms with E-state index >= 15 is 0 Å². The Morgan fingerprint density at radius 1 is 1.57 bits per heavy atom. The van der Waals surface area contributed by atoms with E-state index in [0.717, 1.165) is 16.0 Å². The predicted molar refractivity (Wildman–Crippen MR) is 118 cm³/mol. The number of rotatable bonds is 6. The van der Waals surface area contributed by atoms with Crippen molar-refractivity contribution in [3.05, 3.63) is 27.6 Å². The molecule has 2 heterocycles. The summed E-state index contributed by atoms with van der Waals surface area (Å²) < 4.78 is 29.9. The molecular weight excluding hydrogens is 432 g/mol. The number of aliphatic imine (C=N–C) groups is 1. The number of thiophene rings is 1. The minimum atomic E-state index is -2.14. The fourth-order valence-electron chi connectivity index (χ4n) is 3.76. The van der Waals surface area contributed by atoms with Gasteiger partial charge in [-0.1, -0.05) is 11.6 Å². The molecule has 0 aromatic carbocycles. The Balaban J connectivity index is 1.90. The summed E-state index contributed by atoms with van der Waals surface area (Å²) in [4.78, 5) is 18.5. The Kier molecular flexibility index (Phi) is 7.05. The lowest BCUT2D eigenvalue weighted by molar-refractivity contribution is 0.0258. The van der Waals surface area contributed by atoms with Crippen LogP contribution in [-0.2, 0) is 0 Å². The summed E-state index contributed by atoms with van der Waals surface area (Å²) in [6, 6.07) is 0.0148. The molecule has 0 bridgehead atoms. The van der Waals surface area contributed by atoms with Crippen LogP contribution in [0.25, 0.3) is 17.3 Å². The van der Waals surface area contributed by atoms with Crippen molar-refractivity contribution in [2.24, 2.45) is 10.7 Å². The van der Waals surface area contributed by atoms with E-state index in [-0.39, 0.29) is 6.42 Å². The van der Waals surface area contributed by atoms with Crippen molar-refractivity contribution in [1.29, 1.82) is 0 Å². The highest BCUT2D eigenvalue weighted by molar-refractivity contribution is 7.14. The molecule has 3 atom stereocenters. The van der Waals surface area contributed by atoms with Gasteiger partial charge in [0.05, 0.1) is 17.1 Å². The average Bonchev–Trinajstić information content (AvgIpc) is 3.29. The van der Waals surface area contributed by atoms with E-state index < -0.39 is 30.3 Å². The summed E-state index contributed by atoms with van der Waals surface area (Å²) in [5, 5.41) is 6.89. The number of hydrogen-bond acceptors (Lipinski definition) is 5. The van der Waals surface area contributed by atoms with Gasteiger partial charge in [-0.2, -0.15) is 5.10 Å². The number of nitrogens with two attached hydrogens (primary N) is 1. The van der Waals surface area contributed by atoms with Crippen molar-refractivity contribution in [1.82, 2.24) is 15.1 Å². The maximum atomic E-state index is 14.9. The highest BCUT2D eigenvalue weighted by Gasteiger charge is 2.46. The van der Waals surface area contributed by atoms with Crippen molar-refractivity contribution in [3.8, 4) is 11.1 Å². The number of carbonyl (C=O) groups excluding carboxylic acids is 1. The maximum absolute atomic E-state index is 14.9. The van der Waals surface area contributed by atoms with Crippen LogP contribution in [0.4, 0.5) is 14.6 Å². The van der Waals surface area contributed by atoms with Crippen LogP contribution in [0.15, 0.2) is 22.8 Å². The van der Waals surface area contributed by atoms with Gasteiger partial charge in [0, 0.05) is 40.0 Å². The summed E-state index contributed by atoms with van der Waals surface area (Å²) in [5.41, 5.74) is 6.70. The Morgan fingerprint density at radius 3 is 3.00 bits per heavy atom. The molecule has 0 saturated heterocycles. The van der Waals surface area contributed by atoms with Crippen molar-refractivity contribution in [2.45, 2.75) is 50.9 Å². The molecule has 1 amide bonds. The zero-order valence-electron chi connectivity index (χ0n) is 16.7. The van der Waals surface area contributed by atoms with Crippen molar-refractivity contribution in [2.75, 3.05) is 6.67 Å². The van der Waals surface area contributed by atoms with Crippen LogP contribution in [0, 0.1) is 6.92 Å². The van der Waals surface area contributed by atoms with E-state index in [2.05, 4.69) is 15.4 Å². The predicted octanol–water partition coefficient (Wildman–Crippen LogP) is 4.60. The number of amides is 1. The standard InChI is InChI=1S/C20H24ClF2N5OS/c1-3-25-18-14(10-26-28(18)8-7-21)13-9-16(30-12(13)2)19(29)27-17-15(24)5-4-6-20(17,23)11-22/h3,7-10,15,17H,4-6,11,24H2,1-2H3,(H,27,29)/b8-7+,25-3-.